The Hall–Kier alpha value is -1.47. The zero-order chi connectivity index (χ0) is 27.3. The van der Waals surface area contributed by atoms with Gasteiger partial charge >= 0.3 is 0 Å². The Morgan fingerprint density at radius 3 is 2.22 bits per heavy atom. The van der Waals surface area contributed by atoms with Crippen LogP contribution in [0.15, 0.2) is 36.5 Å². The molecule has 1 N–H and O–H groups in total. The molecule has 0 bridgehead atoms. The molecule has 1 unspecified atom stereocenters. The van der Waals surface area contributed by atoms with Gasteiger partial charge in [-0.2, -0.15) is 0 Å². The van der Waals surface area contributed by atoms with Crippen LogP contribution in [-0.4, -0.2) is 109 Å². The van der Waals surface area contributed by atoms with E-state index in [2.05, 4.69) is 10.3 Å². The summed E-state index contributed by atoms with van der Waals surface area (Å²) in [4.78, 5) is 18.0. The highest BCUT2D eigenvalue weighted by Gasteiger charge is 2.53. The molecule has 1 saturated heterocycles. The predicted octanol–water partition coefficient (Wildman–Crippen LogP) is -0.847. The first-order chi connectivity index (χ1) is 16.3. The van der Waals surface area contributed by atoms with Crippen LogP contribution in [0.5, 0.6) is 0 Å². The quantitative estimate of drug-likeness (QED) is 0.547. The lowest BCUT2D eigenvalue weighted by Crippen LogP contribution is -2.73. The van der Waals surface area contributed by atoms with Crippen molar-refractivity contribution < 1.29 is 13.6 Å². The second kappa shape index (κ2) is 9.69. The lowest BCUT2D eigenvalue weighted by molar-refractivity contribution is 0.00906. The number of alkyl halides is 1. The molecule has 1 aromatic heterocycles. The number of hydrogen-bond acceptors (Lipinski definition) is 3. The highest BCUT2D eigenvalue weighted by Crippen LogP contribution is 2.41. The molecule has 2 heterocycles. The molecule has 1 fully saturated rings. The smallest absolute Gasteiger partial charge is 0.253 e. The first kappa shape index (κ1) is 29.1. The van der Waals surface area contributed by atoms with Crippen molar-refractivity contribution in [2.45, 2.75) is 39.6 Å². The highest BCUT2D eigenvalue weighted by atomic mass is 35.5. The van der Waals surface area contributed by atoms with Crippen LogP contribution in [0.1, 0.15) is 34.5 Å². The van der Waals surface area contributed by atoms with E-state index in [4.69, 9.17) is 82.2 Å². The summed E-state index contributed by atoms with van der Waals surface area (Å²) in [6, 6.07) is 6.11. The molecule has 18 radical (unpaired) electrons. The topological polar surface area (TPSA) is 45.2 Å². The van der Waals surface area contributed by atoms with Crippen LogP contribution in [-0.2, 0) is 10.5 Å². The number of nitrogens with zero attached hydrogens (tertiary/aromatic N) is 2. The molecule has 0 aliphatic carbocycles. The van der Waals surface area contributed by atoms with Crippen LogP contribution in [0.4, 0.5) is 8.78 Å². The maximum absolute atomic E-state index is 16.2. The Kier molecular flexibility index (Phi) is 7.83. The van der Waals surface area contributed by atoms with Gasteiger partial charge in [0.1, 0.15) is 11.5 Å². The molecule has 162 valence electrons. The Morgan fingerprint density at radius 2 is 1.72 bits per heavy atom. The van der Waals surface area contributed by atoms with Gasteiger partial charge in [-0.3, -0.25) is 9.78 Å². The van der Waals surface area contributed by atoms with Gasteiger partial charge in [0.2, 0.25) is 0 Å². The molecule has 3 rings (SSSR count). The molecule has 0 saturated carbocycles. The summed E-state index contributed by atoms with van der Waals surface area (Å²) >= 11 is 5.76. The van der Waals surface area contributed by atoms with Gasteiger partial charge in [-0.15, -0.1) is 5.11 Å². The zero-order valence-corrected chi connectivity index (χ0v) is 20.0. The van der Waals surface area contributed by atoms with Gasteiger partial charge in [-0.25, -0.2) is 8.78 Å². The van der Waals surface area contributed by atoms with E-state index < -0.39 is 51.4 Å². The first-order valence-corrected chi connectivity index (χ1v) is 11.0. The average Bonchev–Trinajstić information content (AvgIpc) is 2.73. The molecule has 1 amide bonds. The third kappa shape index (κ3) is 5.82. The maximum atomic E-state index is 16.2. The number of carbonyl (C=O) groups excluding carboxylic acids is 1. The fourth-order valence-corrected chi connectivity index (χ4v) is 4.15. The summed E-state index contributed by atoms with van der Waals surface area (Å²) in [5.41, 5.74) is -2.22. The van der Waals surface area contributed by atoms with Crippen molar-refractivity contribution in [3.63, 3.8) is 0 Å². The van der Waals surface area contributed by atoms with Crippen LogP contribution in [0.3, 0.4) is 0 Å². The number of rotatable bonds is 6. The number of nitrogens with one attached hydrogen (secondary N) is 1. The van der Waals surface area contributed by atoms with E-state index in [-0.39, 0.29) is 28.4 Å². The average molecular weight is 482 g/mol. The largest absolute Gasteiger partial charge is 0.350 e. The number of halogens is 3. The van der Waals surface area contributed by atoms with Gasteiger partial charge in [-0.1, -0.05) is 17.7 Å². The number of pyridine rings is 1. The Balaban J connectivity index is 1.80. The summed E-state index contributed by atoms with van der Waals surface area (Å²) in [7, 11) is 53.5. The molecule has 16 heteroatoms. The molecular weight excluding hydrogens is 469 g/mol. The lowest BCUT2D eigenvalue weighted by Gasteiger charge is -2.56. The lowest BCUT2D eigenvalue weighted by atomic mass is 9.40. The number of benzene rings is 1. The molecular formula is C20H13B9ClF2N3O. The fraction of sp³-hybridized carbons (Fsp3) is 0.400. The van der Waals surface area contributed by atoms with Crippen molar-refractivity contribution in [3.8, 4) is 0 Å². The van der Waals surface area contributed by atoms with E-state index in [1.54, 1.807) is 0 Å². The predicted molar refractivity (Wildman–Crippen MR) is 143 cm³/mol. The van der Waals surface area contributed by atoms with E-state index in [1.807, 2.05) is 0 Å². The Bertz CT molecular complexity index is 1150. The number of carbonyl (C=O) groups is 1. The minimum atomic E-state index is -2.50. The minimum absolute atomic E-state index is 0.00632. The Morgan fingerprint density at radius 1 is 1.08 bits per heavy atom. The summed E-state index contributed by atoms with van der Waals surface area (Å²) in [5, 5.41) is -5.96. The van der Waals surface area contributed by atoms with Gasteiger partial charge in [0.25, 0.3) is 5.91 Å². The van der Waals surface area contributed by atoms with E-state index in [1.165, 1.54) is 24.4 Å². The fourth-order valence-electron chi connectivity index (χ4n) is 3.97. The minimum Gasteiger partial charge on any atom is -0.350 e. The normalized spacial score (nSPS) is 20.7. The molecule has 2 aromatic rings. The van der Waals surface area contributed by atoms with Crippen LogP contribution >= 0.6 is 11.6 Å². The molecule has 1 aliphatic rings. The van der Waals surface area contributed by atoms with E-state index in [0.29, 0.717) is 0 Å². The number of amides is 1. The van der Waals surface area contributed by atoms with Gasteiger partial charge in [0.15, 0.2) is 0 Å². The van der Waals surface area contributed by atoms with Gasteiger partial charge in [0.05, 0.1) is 75.6 Å². The standard InChI is InChI=1S/C20H13B9ClF2N3O/c21-17(22)9-16(32,5-6-35(17)15(36)10-1-3-13(31)12(30)7-10)20(28,29)34-19(26,27)14-4-2-11(8-33-14)18(23,24)25/h1-4,7-8,34H,5-6,9H2. The van der Waals surface area contributed by atoms with Gasteiger partial charge < -0.3 is 10.2 Å². The van der Waals surface area contributed by atoms with Crippen molar-refractivity contribution in [1.82, 2.24) is 15.2 Å². The second-order valence-electron chi connectivity index (χ2n) is 9.20. The summed E-state index contributed by atoms with van der Waals surface area (Å²) < 4.78 is 29.7. The molecule has 0 spiro atoms. The number of piperidine rings is 1. The Labute approximate surface area is 226 Å². The van der Waals surface area contributed by atoms with Crippen molar-refractivity contribution in [2.75, 3.05) is 6.54 Å². The number of aromatic nitrogens is 1. The van der Waals surface area contributed by atoms with E-state index in [0.717, 1.165) is 17.0 Å². The molecule has 36 heavy (non-hydrogen) atoms. The monoisotopic (exact) mass is 483 g/mol. The van der Waals surface area contributed by atoms with Gasteiger partial charge in [-0.05, 0) is 58.7 Å². The molecule has 1 aromatic carbocycles. The summed E-state index contributed by atoms with van der Waals surface area (Å²) in [6.45, 7) is -0.296. The molecule has 1 aliphatic heterocycles. The number of likely N-dealkylation sites (tertiary alicyclic amines) is 1. The van der Waals surface area contributed by atoms with Crippen molar-refractivity contribution in [1.29, 1.82) is 0 Å². The van der Waals surface area contributed by atoms with Crippen molar-refractivity contribution >= 4 is 88.1 Å². The van der Waals surface area contributed by atoms with Crippen LogP contribution < -0.4 is 5.32 Å². The van der Waals surface area contributed by atoms with E-state index >= 15 is 4.39 Å². The van der Waals surface area contributed by atoms with Crippen molar-refractivity contribution in [3.05, 3.63) is 64.2 Å². The second-order valence-corrected chi connectivity index (χ2v) is 9.60. The maximum Gasteiger partial charge on any atom is 0.253 e. The summed E-state index contributed by atoms with van der Waals surface area (Å²) in [6.07, 6.45) is 0.128. The highest BCUT2D eigenvalue weighted by molar-refractivity contribution is 6.58. The summed E-state index contributed by atoms with van der Waals surface area (Å²) in [5.74, 6) is -1.41. The SMILES string of the molecule is [B]C([B])([B])c1ccc(C([B])([B])NC([B])([B])C2(F)CCN(C(=O)c3ccc(F)c(Cl)c3)C([B])([B])C2)nc1. The molecule has 4 nitrogen and oxygen atoms in total. The van der Waals surface area contributed by atoms with Crippen LogP contribution in [0.25, 0.3) is 0 Å². The third-order valence-corrected chi connectivity index (χ3v) is 6.34. The third-order valence-electron chi connectivity index (χ3n) is 6.05. The zero-order valence-electron chi connectivity index (χ0n) is 19.2. The first-order valence-electron chi connectivity index (χ1n) is 10.6. The van der Waals surface area contributed by atoms with E-state index in [9.17, 15) is 9.18 Å². The van der Waals surface area contributed by atoms with Crippen LogP contribution in [0, 0.1) is 5.82 Å². The molecule has 1 atom stereocenters. The van der Waals surface area contributed by atoms with Crippen molar-refractivity contribution in [2.24, 2.45) is 0 Å². The number of hydrogen-bond donors (Lipinski definition) is 1. The van der Waals surface area contributed by atoms with Gasteiger partial charge in [0, 0.05) is 24.0 Å². The van der Waals surface area contributed by atoms with Crippen LogP contribution in [0.2, 0.25) is 5.02 Å².